The van der Waals surface area contributed by atoms with Gasteiger partial charge in [-0.05, 0) is 0 Å². The molecular formula is C13H17N3O7. The fraction of sp³-hybridized carbons (Fsp3) is 0.538. The summed E-state index contributed by atoms with van der Waals surface area (Å²) >= 11 is 0. The van der Waals surface area contributed by atoms with E-state index in [0.717, 1.165) is 10.8 Å². The van der Waals surface area contributed by atoms with E-state index in [1.54, 1.807) is 0 Å². The number of aliphatic hydroxyl groups is 1. The summed E-state index contributed by atoms with van der Waals surface area (Å²) in [7, 11) is 1.35. The molecule has 1 saturated heterocycles. The van der Waals surface area contributed by atoms with E-state index >= 15 is 0 Å². The Hall–Kier alpha value is -2.46. The van der Waals surface area contributed by atoms with Gasteiger partial charge in [0.05, 0.1) is 6.61 Å². The molecule has 2 rings (SSSR count). The summed E-state index contributed by atoms with van der Waals surface area (Å²) in [6, 6.07) is 0. The van der Waals surface area contributed by atoms with Crippen molar-refractivity contribution >= 4 is 11.9 Å². The largest absolute Gasteiger partial charge is 0.460 e. The molecule has 0 radical (unpaired) electrons. The molecule has 0 saturated carbocycles. The van der Waals surface area contributed by atoms with Gasteiger partial charge in [-0.1, -0.05) is 0 Å². The van der Waals surface area contributed by atoms with E-state index in [-0.39, 0.29) is 12.0 Å². The number of aromatic amines is 1. The van der Waals surface area contributed by atoms with Crippen LogP contribution in [-0.4, -0.2) is 52.4 Å². The van der Waals surface area contributed by atoms with Crippen molar-refractivity contribution in [2.75, 3.05) is 13.7 Å². The van der Waals surface area contributed by atoms with Gasteiger partial charge in [0.25, 0.3) is 11.5 Å². The Morgan fingerprint density at radius 2 is 2.22 bits per heavy atom. The molecule has 1 amide bonds. The van der Waals surface area contributed by atoms with Gasteiger partial charge in [-0.2, -0.15) is 0 Å². The van der Waals surface area contributed by atoms with Crippen LogP contribution in [0.15, 0.2) is 15.8 Å². The van der Waals surface area contributed by atoms with Gasteiger partial charge in [0, 0.05) is 26.6 Å². The average molecular weight is 327 g/mol. The molecule has 1 aliphatic heterocycles. The van der Waals surface area contributed by atoms with Crippen molar-refractivity contribution in [3.05, 3.63) is 32.6 Å². The molecule has 3 atom stereocenters. The van der Waals surface area contributed by atoms with Crippen LogP contribution in [0.5, 0.6) is 0 Å². The van der Waals surface area contributed by atoms with Crippen LogP contribution >= 0.6 is 0 Å². The monoisotopic (exact) mass is 327 g/mol. The molecule has 0 aliphatic carbocycles. The first-order valence-electron chi connectivity index (χ1n) is 6.88. The highest BCUT2D eigenvalue weighted by molar-refractivity contribution is 5.93. The zero-order valence-electron chi connectivity index (χ0n) is 12.6. The maximum atomic E-state index is 11.9. The van der Waals surface area contributed by atoms with Gasteiger partial charge in [-0.25, -0.2) is 4.79 Å². The van der Waals surface area contributed by atoms with E-state index in [9.17, 15) is 24.3 Å². The third-order valence-electron chi connectivity index (χ3n) is 3.43. The molecule has 1 aliphatic rings. The molecule has 0 spiro atoms. The zero-order chi connectivity index (χ0) is 17.1. The topological polar surface area (TPSA) is 140 Å². The molecule has 1 fully saturated rings. The summed E-state index contributed by atoms with van der Waals surface area (Å²) in [4.78, 5) is 48.3. The molecule has 1 aromatic heterocycles. The van der Waals surface area contributed by atoms with Gasteiger partial charge in [0.15, 0.2) is 0 Å². The van der Waals surface area contributed by atoms with E-state index in [2.05, 4.69) is 5.32 Å². The number of nitrogens with one attached hydrogen (secondary N) is 2. The lowest BCUT2D eigenvalue weighted by molar-refractivity contribution is -0.150. The van der Waals surface area contributed by atoms with Gasteiger partial charge < -0.3 is 19.9 Å². The number of carbonyl (C=O) groups excluding carboxylic acids is 2. The second-order valence-corrected chi connectivity index (χ2v) is 4.98. The van der Waals surface area contributed by atoms with E-state index in [1.165, 1.54) is 14.0 Å². The molecule has 2 heterocycles. The first-order valence-corrected chi connectivity index (χ1v) is 6.88. The first-order chi connectivity index (χ1) is 10.9. The summed E-state index contributed by atoms with van der Waals surface area (Å²) in [5.74, 6) is -1.20. The normalized spacial score (nSPS) is 23.5. The quantitative estimate of drug-likeness (QED) is 0.549. The van der Waals surface area contributed by atoms with Gasteiger partial charge in [0.1, 0.15) is 24.0 Å². The predicted molar refractivity (Wildman–Crippen MR) is 75.9 cm³/mol. The standard InChI is InChI=1S/C13H17N3O7/c1-6(18)22-8-3-10(23-9(8)5-17)16-4-7(11(19)14-2)12(20)15-13(16)21/h4,8-10,17H,3,5H2,1-2H3,(H,14,19)(H,15,20,21)/t8-,9-,10-/m1/s1. The van der Waals surface area contributed by atoms with Crippen molar-refractivity contribution in [3.8, 4) is 0 Å². The van der Waals surface area contributed by atoms with E-state index in [0.29, 0.717) is 0 Å². The number of rotatable bonds is 4. The third kappa shape index (κ3) is 3.48. The SMILES string of the molecule is CNC(=O)c1cn([C@H]2C[C@@H](OC(C)=O)[C@@H](CO)O2)c(=O)[nH]c1=O. The molecule has 0 unspecified atom stereocenters. The predicted octanol–water partition coefficient (Wildman–Crippen LogP) is -1.89. The van der Waals surface area contributed by atoms with Crippen molar-refractivity contribution in [2.45, 2.75) is 31.8 Å². The second-order valence-electron chi connectivity index (χ2n) is 4.98. The third-order valence-corrected chi connectivity index (χ3v) is 3.43. The lowest BCUT2D eigenvalue weighted by Gasteiger charge is -2.15. The number of hydrogen-bond acceptors (Lipinski definition) is 7. The molecule has 3 N–H and O–H groups in total. The first kappa shape index (κ1) is 16.9. The number of aliphatic hydroxyl groups excluding tert-OH is 1. The van der Waals surface area contributed by atoms with Crippen LogP contribution in [0.3, 0.4) is 0 Å². The molecule has 10 nitrogen and oxygen atoms in total. The van der Waals surface area contributed by atoms with Crippen molar-refractivity contribution in [1.82, 2.24) is 14.9 Å². The average Bonchev–Trinajstić information content (AvgIpc) is 2.88. The highest BCUT2D eigenvalue weighted by Gasteiger charge is 2.38. The molecule has 126 valence electrons. The Kier molecular flexibility index (Phi) is 4.96. The van der Waals surface area contributed by atoms with Crippen molar-refractivity contribution < 1.29 is 24.2 Å². The van der Waals surface area contributed by atoms with Crippen molar-refractivity contribution in [1.29, 1.82) is 0 Å². The summed E-state index contributed by atoms with van der Waals surface area (Å²) in [6.45, 7) is 0.812. The van der Waals surface area contributed by atoms with Crippen LogP contribution in [0.1, 0.15) is 29.9 Å². The van der Waals surface area contributed by atoms with Crippen LogP contribution in [0.25, 0.3) is 0 Å². The van der Waals surface area contributed by atoms with Crippen LogP contribution in [-0.2, 0) is 14.3 Å². The molecule has 23 heavy (non-hydrogen) atoms. The lowest BCUT2D eigenvalue weighted by Crippen LogP contribution is -2.37. The van der Waals surface area contributed by atoms with Crippen LogP contribution < -0.4 is 16.6 Å². The number of H-pyrrole nitrogens is 1. The summed E-state index contributed by atoms with van der Waals surface area (Å²) in [5.41, 5.74) is -1.85. The van der Waals surface area contributed by atoms with Gasteiger partial charge >= 0.3 is 11.7 Å². The van der Waals surface area contributed by atoms with Crippen molar-refractivity contribution in [3.63, 3.8) is 0 Å². The zero-order valence-corrected chi connectivity index (χ0v) is 12.6. The van der Waals surface area contributed by atoms with Crippen LogP contribution in [0, 0.1) is 0 Å². The van der Waals surface area contributed by atoms with Crippen LogP contribution in [0.4, 0.5) is 0 Å². The minimum atomic E-state index is -0.885. The number of nitrogens with zero attached hydrogens (tertiary/aromatic N) is 1. The summed E-state index contributed by atoms with van der Waals surface area (Å²) < 4.78 is 11.5. The number of ether oxygens (including phenoxy) is 2. The number of aromatic nitrogens is 2. The Labute approximate surface area is 130 Å². The number of hydrogen-bond donors (Lipinski definition) is 3. The van der Waals surface area contributed by atoms with Gasteiger partial charge in [-0.3, -0.25) is 23.9 Å². The maximum absolute atomic E-state index is 11.9. The number of carbonyl (C=O) groups is 2. The Bertz CT molecular complexity index is 723. The smallest absolute Gasteiger partial charge is 0.330 e. The van der Waals surface area contributed by atoms with E-state index < -0.39 is 48.2 Å². The fourth-order valence-corrected chi connectivity index (χ4v) is 2.37. The summed E-state index contributed by atoms with van der Waals surface area (Å²) in [6.07, 6.45) is -1.24. The van der Waals surface area contributed by atoms with E-state index in [1.807, 2.05) is 4.98 Å². The van der Waals surface area contributed by atoms with Gasteiger partial charge in [-0.15, -0.1) is 0 Å². The Morgan fingerprint density at radius 1 is 1.52 bits per heavy atom. The number of esters is 1. The molecule has 10 heteroatoms. The number of amides is 1. The summed E-state index contributed by atoms with van der Waals surface area (Å²) in [5, 5.41) is 11.6. The molecule has 0 aromatic carbocycles. The fourth-order valence-electron chi connectivity index (χ4n) is 2.37. The molecule has 1 aromatic rings. The highest BCUT2D eigenvalue weighted by Crippen LogP contribution is 2.29. The molecule has 0 bridgehead atoms. The highest BCUT2D eigenvalue weighted by atomic mass is 16.6. The lowest BCUT2D eigenvalue weighted by atomic mass is 10.2. The molecular weight excluding hydrogens is 310 g/mol. The Morgan fingerprint density at radius 3 is 2.78 bits per heavy atom. The van der Waals surface area contributed by atoms with E-state index in [4.69, 9.17) is 9.47 Å². The second kappa shape index (κ2) is 6.75. The Balaban J connectivity index is 2.35. The maximum Gasteiger partial charge on any atom is 0.330 e. The van der Waals surface area contributed by atoms with Gasteiger partial charge in [0.2, 0.25) is 0 Å². The minimum absolute atomic E-state index is 0.101. The minimum Gasteiger partial charge on any atom is -0.460 e. The van der Waals surface area contributed by atoms with Crippen LogP contribution in [0.2, 0.25) is 0 Å². The van der Waals surface area contributed by atoms with Crippen molar-refractivity contribution in [2.24, 2.45) is 0 Å².